The Bertz CT molecular complexity index is 708. The van der Waals surface area contributed by atoms with Gasteiger partial charge in [0.25, 0.3) is 0 Å². The van der Waals surface area contributed by atoms with Crippen molar-refractivity contribution in [1.82, 2.24) is 4.90 Å². The van der Waals surface area contributed by atoms with Crippen LogP contribution >= 0.6 is 0 Å². The summed E-state index contributed by atoms with van der Waals surface area (Å²) in [6.07, 6.45) is -0.119. The largest absolute Gasteiger partial charge is 0.415 e. The Labute approximate surface area is 116 Å². The fraction of sp³-hybridized carbons (Fsp3) is 0.250. The summed E-state index contributed by atoms with van der Waals surface area (Å²) in [7, 11) is 1.67. The van der Waals surface area contributed by atoms with E-state index in [-0.39, 0.29) is 11.8 Å². The molecule has 0 aliphatic carbocycles. The molecule has 0 saturated heterocycles. The molecular weight excluding hydrogens is 254 g/mol. The van der Waals surface area contributed by atoms with Crippen molar-refractivity contribution < 1.29 is 14.3 Å². The van der Waals surface area contributed by atoms with Gasteiger partial charge in [0.15, 0.2) is 0 Å². The van der Waals surface area contributed by atoms with Crippen molar-refractivity contribution in [2.45, 2.75) is 19.4 Å². The molecule has 1 amide bonds. The zero-order valence-corrected chi connectivity index (χ0v) is 11.4. The Balaban J connectivity index is 2.25. The van der Waals surface area contributed by atoms with Crippen molar-refractivity contribution in [1.29, 1.82) is 0 Å². The molecule has 0 radical (unpaired) electrons. The van der Waals surface area contributed by atoms with Crippen LogP contribution in [-0.2, 0) is 4.79 Å². The average molecular weight is 269 g/mol. The quantitative estimate of drug-likeness (QED) is 0.840. The third kappa shape index (κ3) is 1.93. The lowest BCUT2D eigenvalue weighted by Gasteiger charge is -2.33. The van der Waals surface area contributed by atoms with Crippen molar-refractivity contribution in [2.75, 3.05) is 7.05 Å². The predicted molar refractivity (Wildman–Crippen MR) is 75.8 cm³/mol. The van der Waals surface area contributed by atoms with Gasteiger partial charge in [0, 0.05) is 19.0 Å². The van der Waals surface area contributed by atoms with Gasteiger partial charge in [-0.05, 0) is 23.8 Å². The van der Waals surface area contributed by atoms with Crippen LogP contribution in [0.3, 0.4) is 0 Å². The summed E-state index contributed by atoms with van der Waals surface area (Å²) in [5.74, 6) is 0.605. The maximum absolute atomic E-state index is 11.9. The molecule has 1 aliphatic rings. The number of ketones is 1. The molecule has 3 rings (SSSR count). The first kappa shape index (κ1) is 12.7. The monoisotopic (exact) mass is 269 g/mol. The molecule has 0 fully saturated rings. The van der Waals surface area contributed by atoms with Crippen molar-refractivity contribution in [2.24, 2.45) is 0 Å². The van der Waals surface area contributed by atoms with Gasteiger partial charge >= 0.3 is 6.09 Å². The minimum atomic E-state index is -0.418. The summed E-state index contributed by atoms with van der Waals surface area (Å²) in [5.41, 5.74) is 0.917. The van der Waals surface area contributed by atoms with Crippen LogP contribution in [0.1, 0.15) is 24.9 Å². The number of fused-ring (bicyclic) bond motifs is 3. The van der Waals surface area contributed by atoms with Gasteiger partial charge in [0.05, 0.1) is 6.04 Å². The molecular formula is C16H15NO3. The number of Topliss-reactive ketones (excluding diaryl/α,β-unsaturated/α-hetero) is 1. The first-order valence-corrected chi connectivity index (χ1v) is 6.53. The molecule has 102 valence electrons. The van der Waals surface area contributed by atoms with Crippen molar-refractivity contribution in [3.05, 3.63) is 42.0 Å². The van der Waals surface area contributed by atoms with Gasteiger partial charge in [0.2, 0.25) is 0 Å². The molecule has 20 heavy (non-hydrogen) atoms. The zero-order valence-electron chi connectivity index (χ0n) is 11.4. The van der Waals surface area contributed by atoms with E-state index in [9.17, 15) is 9.59 Å². The standard InChI is InChI=1S/C16H15NO3/c1-10(18)9-13-15-12-6-4-3-5-11(12)7-8-14(15)20-16(19)17(13)2/h3-8,13H,9H2,1-2H3. The van der Waals surface area contributed by atoms with Gasteiger partial charge in [-0.3, -0.25) is 4.79 Å². The van der Waals surface area contributed by atoms with Gasteiger partial charge in [-0.2, -0.15) is 0 Å². The van der Waals surface area contributed by atoms with Crippen molar-refractivity contribution in [3.8, 4) is 5.75 Å². The number of hydrogen-bond acceptors (Lipinski definition) is 3. The van der Waals surface area contributed by atoms with Crippen LogP contribution < -0.4 is 4.74 Å². The second-order valence-electron chi connectivity index (χ2n) is 5.10. The Morgan fingerprint density at radius 3 is 2.75 bits per heavy atom. The number of carbonyl (C=O) groups excluding carboxylic acids is 2. The fourth-order valence-electron chi connectivity index (χ4n) is 2.71. The maximum atomic E-state index is 11.9. The van der Waals surface area contributed by atoms with E-state index in [4.69, 9.17) is 4.74 Å². The van der Waals surface area contributed by atoms with E-state index in [1.807, 2.05) is 30.3 Å². The van der Waals surface area contributed by atoms with Crippen LogP contribution in [0.25, 0.3) is 10.8 Å². The Morgan fingerprint density at radius 1 is 1.25 bits per heavy atom. The van der Waals surface area contributed by atoms with Gasteiger partial charge in [0.1, 0.15) is 11.5 Å². The number of ether oxygens (including phenoxy) is 1. The van der Waals surface area contributed by atoms with Crippen LogP contribution in [0, 0.1) is 0 Å². The van der Waals surface area contributed by atoms with E-state index < -0.39 is 6.09 Å². The first-order chi connectivity index (χ1) is 9.58. The highest BCUT2D eigenvalue weighted by Gasteiger charge is 2.33. The SMILES string of the molecule is CC(=O)CC1c2c(ccc3ccccc23)OC(=O)N1C. The predicted octanol–water partition coefficient (Wildman–Crippen LogP) is 3.30. The normalized spacial score (nSPS) is 17.8. The number of rotatable bonds is 2. The van der Waals surface area contributed by atoms with Crippen LogP contribution in [0.15, 0.2) is 36.4 Å². The third-order valence-electron chi connectivity index (χ3n) is 3.70. The number of benzene rings is 2. The number of amides is 1. The van der Waals surface area contributed by atoms with Gasteiger partial charge in [-0.15, -0.1) is 0 Å². The Hall–Kier alpha value is -2.36. The Morgan fingerprint density at radius 2 is 2.00 bits per heavy atom. The molecule has 0 N–H and O–H groups in total. The molecule has 1 atom stereocenters. The number of hydrogen-bond donors (Lipinski definition) is 0. The van der Waals surface area contributed by atoms with E-state index in [1.54, 1.807) is 20.0 Å². The number of carbonyl (C=O) groups is 2. The first-order valence-electron chi connectivity index (χ1n) is 6.53. The lowest BCUT2D eigenvalue weighted by atomic mass is 9.93. The Kier molecular flexibility index (Phi) is 2.93. The molecule has 1 aliphatic heterocycles. The highest BCUT2D eigenvalue weighted by Crippen LogP contribution is 2.40. The molecule has 1 heterocycles. The topological polar surface area (TPSA) is 46.6 Å². The summed E-state index contributed by atoms with van der Waals surface area (Å²) in [6, 6.07) is 11.4. The highest BCUT2D eigenvalue weighted by atomic mass is 16.6. The summed E-state index contributed by atoms with van der Waals surface area (Å²) < 4.78 is 5.34. The van der Waals surface area contributed by atoms with Gasteiger partial charge < -0.3 is 9.64 Å². The number of nitrogens with zero attached hydrogens (tertiary/aromatic N) is 1. The molecule has 0 saturated carbocycles. The summed E-state index contributed by atoms with van der Waals surface area (Å²) >= 11 is 0. The van der Waals surface area contributed by atoms with Crippen LogP contribution in [0.5, 0.6) is 5.75 Å². The second kappa shape index (κ2) is 4.63. The molecule has 4 nitrogen and oxygen atoms in total. The second-order valence-corrected chi connectivity index (χ2v) is 5.10. The molecule has 0 bridgehead atoms. The minimum absolute atomic E-state index is 0.0513. The van der Waals surface area contributed by atoms with E-state index >= 15 is 0 Å². The summed E-state index contributed by atoms with van der Waals surface area (Å²) in [6.45, 7) is 1.54. The van der Waals surface area contributed by atoms with Crippen molar-refractivity contribution in [3.63, 3.8) is 0 Å². The smallest absolute Gasteiger partial charge is 0.410 e. The summed E-state index contributed by atoms with van der Waals surface area (Å²) in [5, 5.41) is 2.10. The molecule has 1 unspecified atom stereocenters. The van der Waals surface area contributed by atoms with Crippen LogP contribution in [0.4, 0.5) is 4.79 Å². The molecule has 0 spiro atoms. The lowest BCUT2D eigenvalue weighted by Crippen LogP contribution is -2.38. The lowest BCUT2D eigenvalue weighted by molar-refractivity contribution is -0.118. The van der Waals surface area contributed by atoms with E-state index in [1.165, 1.54) is 4.90 Å². The highest BCUT2D eigenvalue weighted by molar-refractivity contribution is 5.92. The minimum Gasteiger partial charge on any atom is -0.410 e. The van der Waals surface area contributed by atoms with E-state index in [2.05, 4.69) is 0 Å². The third-order valence-corrected chi connectivity index (χ3v) is 3.70. The average Bonchev–Trinajstić information content (AvgIpc) is 2.43. The van der Waals surface area contributed by atoms with Gasteiger partial charge in [-0.1, -0.05) is 30.3 Å². The zero-order chi connectivity index (χ0) is 14.3. The maximum Gasteiger partial charge on any atom is 0.415 e. The van der Waals surface area contributed by atoms with Crippen molar-refractivity contribution >= 4 is 22.6 Å². The van der Waals surface area contributed by atoms with Crippen LogP contribution in [0.2, 0.25) is 0 Å². The van der Waals surface area contributed by atoms with Gasteiger partial charge in [-0.25, -0.2) is 4.79 Å². The molecule has 4 heteroatoms. The van der Waals surface area contributed by atoms with E-state index in [0.717, 1.165) is 16.3 Å². The van der Waals surface area contributed by atoms with E-state index in [0.29, 0.717) is 12.2 Å². The molecule has 2 aromatic carbocycles. The van der Waals surface area contributed by atoms with Crippen LogP contribution in [-0.4, -0.2) is 23.8 Å². The molecule has 2 aromatic rings. The fourth-order valence-corrected chi connectivity index (χ4v) is 2.71. The summed E-state index contributed by atoms with van der Waals surface area (Å²) in [4.78, 5) is 24.9. The molecule has 0 aromatic heterocycles.